The molecule has 1 aliphatic heterocycles. The van der Waals surface area contributed by atoms with Crippen LogP contribution in [0.15, 0.2) is 18.0 Å². The third kappa shape index (κ3) is 3.10. The Morgan fingerprint density at radius 3 is 2.85 bits per heavy atom. The molecule has 1 aromatic rings. The summed E-state index contributed by atoms with van der Waals surface area (Å²) in [4.78, 5) is 30.8. The lowest BCUT2D eigenvalue weighted by atomic mass is 9.46. The number of anilines is 1. The lowest BCUT2D eigenvalue weighted by molar-refractivity contribution is -0.131. The number of Topliss-reactive ketones (excluding diaryl/α,β-unsaturated/α-hetero) is 1. The number of ketones is 2. The Bertz CT molecular complexity index is 1080. The molecular weight excluding hydrogens is 432 g/mol. The Kier molecular flexibility index (Phi) is 4.88. The van der Waals surface area contributed by atoms with Crippen LogP contribution >= 0.6 is 12.2 Å². The first-order chi connectivity index (χ1) is 15.8. The van der Waals surface area contributed by atoms with Gasteiger partial charge in [-0.05, 0) is 79.6 Å². The number of allylic oxidation sites excluding steroid dienone is 1. The topological polar surface area (TPSA) is 76.0 Å². The first kappa shape index (κ1) is 21.5. The number of nitrogens with one attached hydrogen (secondary N) is 2. The minimum absolute atomic E-state index is 0.0885. The van der Waals surface area contributed by atoms with E-state index < -0.39 is 0 Å². The molecule has 6 unspecified atom stereocenters. The Labute approximate surface area is 201 Å². The monoisotopic (exact) mass is 466 g/mol. The lowest BCUT2D eigenvalue weighted by Crippen LogP contribution is -2.51. The van der Waals surface area contributed by atoms with Gasteiger partial charge in [-0.1, -0.05) is 31.6 Å². The minimum atomic E-state index is 0.0885. The van der Waals surface area contributed by atoms with Gasteiger partial charge in [-0.25, -0.2) is 4.98 Å². The van der Waals surface area contributed by atoms with E-state index in [9.17, 15) is 9.59 Å². The molecule has 2 heterocycles. The molecule has 6 rings (SSSR count). The maximum Gasteiger partial charge on any atom is 0.156 e. The van der Waals surface area contributed by atoms with Crippen molar-refractivity contribution in [2.24, 2.45) is 34.5 Å². The van der Waals surface area contributed by atoms with Crippen molar-refractivity contribution in [3.63, 3.8) is 0 Å². The second kappa shape index (κ2) is 7.49. The average Bonchev–Trinajstić information content (AvgIpc) is 3.36. The number of thiocarbonyl (C=S) groups is 1. The summed E-state index contributed by atoms with van der Waals surface area (Å²) in [6.45, 7) is 5.77. The number of imidazole rings is 1. The van der Waals surface area contributed by atoms with E-state index >= 15 is 0 Å². The second-order valence-electron chi connectivity index (χ2n) is 11.5. The highest BCUT2D eigenvalue weighted by atomic mass is 32.1. The van der Waals surface area contributed by atoms with Gasteiger partial charge in [-0.2, -0.15) is 0 Å². The predicted octanol–water partition coefficient (Wildman–Crippen LogP) is 4.25. The molecule has 3 saturated carbocycles. The van der Waals surface area contributed by atoms with Crippen LogP contribution in [0.5, 0.6) is 0 Å². The molecule has 0 aromatic carbocycles. The van der Waals surface area contributed by atoms with Gasteiger partial charge in [0, 0.05) is 12.3 Å². The van der Waals surface area contributed by atoms with Crippen molar-refractivity contribution in [2.45, 2.75) is 71.8 Å². The van der Waals surface area contributed by atoms with Gasteiger partial charge in [-0.3, -0.25) is 9.59 Å². The van der Waals surface area contributed by atoms with Crippen molar-refractivity contribution in [3.8, 4) is 0 Å². The fourth-order valence-electron chi connectivity index (χ4n) is 8.51. The molecule has 0 saturated heterocycles. The van der Waals surface area contributed by atoms with Crippen LogP contribution < -0.4 is 10.6 Å². The van der Waals surface area contributed by atoms with Gasteiger partial charge in [0.25, 0.3) is 0 Å². The Morgan fingerprint density at radius 1 is 1.15 bits per heavy atom. The number of nitrogens with zero attached hydrogens (tertiary/aromatic N) is 2. The van der Waals surface area contributed by atoms with E-state index in [1.807, 2.05) is 10.6 Å². The van der Waals surface area contributed by atoms with E-state index in [1.54, 1.807) is 6.33 Å². The largest absolute Gasteiger partial charge is 0.357 e. The van der Waals surface area contributed by atoms with E-state index in [-0.39, 0.29) is 16.7 Å². The van der Waals surface area contributed by atoms with Crippen LogP contribution in [0.2, 0.25) is 0 Å². The van der Waals surface area contributed by atoms with Crippen molar-refractivity contribution in [2.75, 3.05) is 12.0 Å². The number of hydrogen-bond donors (Lipinski definition) is 2. The first-order valence-corrected chi connectivity index (χ1v) is 13.1. The molecule has 6 atom stereocenters. The van der Waals surface area contributed by atoms with Gasteiger partial charge in [0.05, 0.1) is 19.5 Å². The van der Waals surface area contributed by atoms with Gasteiger partial charge < -0.3 is 15.2 Å². The Balaban J connectivity index is 1.23. The molecule has 0 bridgehead atoms. The van der Waals surface area contributed by atoms with Crippen LogP contribution in [-0.4, -0.2) is 32.8 Å². The molecule has 6 nitrogen and oxygen atoms in total. The number of fused-ring (bicyclic) bond motifs is 6. The van der Waals surface area contributed by atoms with E-state index in [0.717, 1.165) is 43.6 Å². The van der Waals surface area contributed by atoms with Crippen molar-refractivity contribution in [1.82, 2.24) is 14.9 Å². The number of carbonyl (C=O) groups excluding carboxylic acids is 2. The van der Waals surface area contributed by atoms with E-state index in [1.165, 1.54) is 18.4 Å². The van der Waals surface area contributed by atoms with Crippen LogP contribution in [0.1, 0.15) is 70.9 Å². The molecule has 0 amide bonds. The summed E-state index contributed by atoms with van der Waals surface area (Å²) in [5.74, 6) is 3.61. The zero-order valence-electron chi connectivity index (χ0n) is 19.7. The zero-order valence-corrected chi connectivity index (χ0v) is 20.5. The molecule has 176 valence electrons. The number of carbonyl (C=O) groups is 2. The van der Waals surface area contributed by atoms with Crippen LogP contribution in [0, 0.1) is 34.5 Å². The third-order valence-electron chi connectivity index (χ3n) is 10.2. The summed E-state index contributed by atoms with van der Waals surface area (Å²) in [6.07, 6.45) is 12.2. The number of rotatable bonds is 3. The molecule has 5 aliphatic rings. The summed E-state index contributed by atoms with van der Waals surface area (Å²) in [5, 5.41) is 6.39. The maximum atomic E-state index is 13.7. The van der Waals surface area contributed by atoms with E-state index in [2.05, 4.69) is 29.5 Å². The molecule has 0 radical (unpaired) electrons. The molecule has 7 heteroatoms. The molecule has 1 aromatic heterocycles. The zero-order chi connectivity index (χ0) is 23.0. The van der Waals surface area contributed by atoms with Crippen molar-refractivity contribution in [3.05, 3.63) is 23.7 Å². The Hall–Kier alpha value is -2.02. The summed E-state index contributed by atoms with van der Waals surface area (Å²) < 4.78 is 1.95. The smallest absolute Gasteiger partial charge is 0.156 e. The fraction of sp³-hybridized carbons (Fsp3) is 0.692. The SMILES string of the molecule is CC12CCC(=O)C=C1CCC1C2CCC2(C)C(C(=O)Cn3cnc4c3NCNC4=S)CCC12. The highest BCUT2D eigenvalue weighted by Crippen LogP contribution is 2.66. The highest BCUT2D eigenvalue weighted by molar-refractivity contribution is 7.80. The summed E-state index contributed by atoms with van der Waals surface area (Å²) in [6, 6.07) is 0. The van der Waals surface area contributed by atoms with Crippen molar-refractivity contribution in [1.29, 1.82) is 0 Å². The fourth-order valence-corrected chi connectivity index (χ4v) is 8.73. The standard InChI is InChI=1S/C26H34N4O2S/c1-25-9-7-16(31)11-15(25)3-4-17-18-5-6-20(26(18,2)10-8-19(17)25)21(32)12-30-14-29-22-23(30)27-13-28-24(22)33/h11,14,17-20,27H,3-10,12-13H2,1-2H3,(H,28,33). The third-order valence-corrected chi connectivity index (χ3v) is 10.6. The second-order valence-corrected chi connectivity index (χ2v) is 11.9. The number of hydrogen-bond acceptors (Lipinski definition) is 5. The lowest BCUT2D eigenvalue weighted by Gasteiger charge is -2.58. The van der Waals surface area contributed by atoms with Crippen LogP contribution in [0.4, 0.5) is 5.82 Å². The minimum Gasteiger partial charge on any atom is -0.357 e. The summed E-state index contributed by atoms with van der Waals surface area (Å²) in [7, 11) is 0. The van der Waals surface area contributed by atoms with E-state index in [0.29, 0.717) is 53.9 Å². The highest BCUT2D eigenvalue weighted by Gasteiger charge is 2.60. The molecule has 0 spiro atoms. The molecule has 33 heavy (non-hydrogen) atoms. The van der Waals surface area contributed by atoms with Gasteiger partial charge in [0.15, 0.2) is 11.6 Å². The summed E-state index contributed by atoms with van der Waals surface area (Å²) >= 11 is 5.36. The molecule has 2 N–H and O–H groups in total. The normalized spacial score (nSPS) is 39.4. The van der Waals surface area contributed by atoms with Gasteiger partial charge in [0.1, 0.15) is 16.5 Å². The van der Waals surface area contributed by atoms with Crippen LogP contribution in [0.25, 0.3) is 0 Å². The quantitative estimate of drug-likeness (QED) is 0.649. The number of aromatic nitrogens is 2. The van der Waals surface area contributed by atoms with Gasteiger partial charge >= 0.3 is 0 Å². The van der Waals surface area contributed by atoms with Crippen molar-refractivity contribution < 1.29 is 9.59 Å². The molecule has 4 aliphatic carbocycles. The maximum absolute atomic E-state index is 13.7. The Morgan fingerprint density at radius 2 is 2.00 bits per heavy atom. The molecular formula is C26H34N4O2S. The molecule has 3 fully saturated rings. The predicted molar refractivity (Wildman–Crippen MR) is 131 cm³/mol. The average molecular weight is 467 g/mol. The van der Waals surface area contributed by atoms with E-state index in [4.69, 9.17) is 12.2 Å². The summed E-state index contributed by atoms with van der Waals surface area (Å²) in [5.41, 5.74) is 2.43. The van der Waals surface area contributed by atoms with Crippen LogP contribution in [0.3, 0.4) is 0 Å². The first-order valence-electron chi connectivity index (χ1n) is 12.6. The van der Waals surface area contributed by atoms with Crippen LogP contribution in [-0.2, 0) is 16.1 Å². The van der Waals surface area contributed by atoms with Gasteiger partial charge in [0.2, 0.25) is 0 Å². The van der Waals surface area contributed by atoms with Crippen molar-refractivity contribution >= 4 is 34.6 Å². The van der Waals surface area contributed by atoms with Gasteiger partial charge in [-0.15, -0.1) is 0 Å².